The molecule has 0 spiro atoms. The molecule has 2 rings (SSSR count). The first-order valence-electron chi connectivity index (χ1n) is 5.39. The number of nitriles is 1. The number of thiophene rings is 1. The standard InChI is InChI=1S/C13H12N2O2S/c1-7(16)11-8(2)17-13(15)9(6-14)12(11)10-4-3-5-18-10/h3-5,12H,15H2,1-2H3/t12-/m0/s1. The molecule has 92 valence electrons. The predicted molar refractivity (Wildman–Crippen MR) is 68.4 cm³/mol. The maximum Gasteiger partial charge on any atom is 0.205 e. The molecule has 0 saturated heterocycles. The van der Waals surface area contributed by atoms with Gasteiger partial charge in [-0.2, -0.15) is 5.26 Å². The van der Waals surface area contributed by atoms with Crippen molar-refractivity contribution in [1.82, 2.24) is 0 Å². The van der Waals surface area contributed by atoms with Gasteiger partial charge in [0.2, 0.25) is 5.88 Å². The van der Waals surface area contributed by atoms with Crippen LogP contribution < -0.4 is 5.73 Å². The van der Waals surface area contributed by atoms with E-state index in [1.54, 1.807) is 6.92 Å². The third-order valence-electron chi connectivity index (χ3n) is 2.81. The van der Waals surface area contributed by atoms with Crippen molar-refractivity contribution in [1.29, 1.82) is 5.26 Å². The maximum atomic E-state index is 11.8. The molecule has 0 bridgehead atoms. The van der Waals surface area contributed by atoms with Crippen LogP contribution in [0.5, 0.6) is 0 Å². The Hall–Kier alpha value is -2.06. The lowest BCUT2D eigenvalue weighted by Crippen LogP contribution is -2.22. The van der Waals surface area contributed by atoms with Crippen molar-refractivity contribution >= 4 is 17.1 Å². The van der Waals surface area contributed by atoms with Crippen LogP contribution in [-0.4, -0.2) is 5.78 Å². The lowest BCUT2D eigenvalue weighted by Gasteiger charge is -2.25. The Kier molecular flexibility index (Phi) is 3.21. The fourth-order valence-corrected chi connectivity index (χ4v) is 2.92. The molecule has 1 aromatic rings. The Bertz CT molecular complexity index is 591. The first-order valence-corrected chi connectivity index (χ1v) is 6.27. The number of rotatable bonds is 2. The molecule has 0 fully saturated rings. The lowest BCUT2D eigenvalue weighted by atomic mass is 9.86. The van der Waals surface area contributed by atoms with Crippen molar-refractivity contribution in [3.05, 3.63) is 45.2 Å². The van der Waals surface area contributed by atoms with Crippen LogP contribution in [0.3, 0.4) is 0 Å². The SMILES string of the molecule is CC(=O)C1=C(C)OC(N)=C(C#N)[C@H]1c1cccs1. The molecule has 0 aliphatic carbocycles. The summed E-state index contributed by atoms with van der Waals surface area (Å²) in [4.78, 5) is 12.7. The van der Waals surface area contributed by atoms with Crippen molar-refractivity contribution < 1.29 is 9.53 Å². The number of carbonyl (C=O) groups is 1. The zero-order chi connectivity index (χ0) is 13.3. The average Bonchev–Trinajstić information content (AvgIpc) is 2.80. The van der Waals surface area contributed by atoms with E-state index in [-0.39, 0.29) is 11.7 Å². The molecule has 5 heteroatoms. The van der Waals surface area contributed by atoms with Gasteiger partial charge in [-0.15, -0.1) is 11.3 Å². The van der Waals surface area contributed by atoms with E-state index in [0.717, 1.165) is 4.88 Å². The van der Waals surface area contributed by atoms with Gasteiger partial charge in [-0.25, -0.2) is 0 Å². The van der Waals surface area contributed by atoms with Crippen molar-refractivity contribution in [3.63, 3.8) is 0 Å². The number of hydrogen-bond acceptors (Lipinski definition) is 5. The zero-order valence-corrected chi connectivity index (χ0v) is 10.9. The highest BCUT2D eigenvalue weighted by atomic mass is 32.1. The Morgan fingerprint density at radius 2 is 2.33 bits per heavy atom. The molecule has 0 aromatic carbocycles. The van der Waals surface area contributed by atoms with E-state index in [1.807, 2.05) is 23.6 Å². The molecule has 0 radical (unpaired) electrons. The number of ether oxygens (including phenoxy) is 1. The van der Waals surface area contributed by atoms with Crippen LogP contribution in [-0.2, 0) is 9.53 Å². The zero-order valence-electron chi connectivity index (χ0n) is 10.1. The largest absolute Gasteiger partial charge is 0.445 e. The smallest absolute Gasteiger partial charge is 0.205 e. The highest BCUT2D eigenvalue weighted by Gasteiger charge is 2.34. The molecule has 18 heavy (non-hydrogen) atoms. The fourth-order valence-electron chi connectivity index (χ4n) is 2.08. The van der Waals surface area contributed by atoms with Gasteiger partial charge in [-0.05, 0) is 25.3 Å². The van der Waals surface area contributed by atoms with Gasteiger partial charge < -0.3 is 10.5 Å². The summed E-state index contributed by atoms with van der Waals surface area (Å²) >= 11 is 1.49. The number of nitrogens with zero attached hydrogens (tertiary/aromatic N) is 1. The van der Waals surface area contributed by atoms with Gasteiger partial charge in [0.15, 0.2) is 5.78 Å². The van der Waals surface area contributed by atoms with E-state index < -0.39 is 5.92 Å². The minimum absolute atomic E-state index is 0.0819. The number of allylic oxidation sites excluding steroid dienone is 3. The van der Waals surface area contributed by atoms with Crippen LogP contribution in [0.1, 0.15) is 24.6 Å². The molecule has 0 saturated carbocycles. The third-order valence-corrected chi connectivity index (χ3v) is 3.75. The van der Waals surface area contributed by atoms with Crippen molar-refractivity contribution in [2.45, 2.75) is 19.8 Å². The van der Waals surface area contributed by atoms with Crippen molar-refractivity contribution in [2.75, 3.05) is 0 Å². The number of Topliss-reactive ketones (excluding diaryl/α,β-unsaturated/α-hetero) is 1. The second kappa shape index (κ2) is 4.67. The molecule has 2 heterocycles. The van der Waals surface area contributed by atoms with Gasteiger partial charge in [0.05, 0.1) is 5.92 Å². The highest BCUT2D eigenvalue weighted by molar-refractivity contribution is 7.10. The molecular weight excluding hydrogens is 248 g/mol. The molecule has 2 N–H and O–H groups in total. The monoisotopic (exact) mass is 260 g/mol. The first kappa shape index (κ1) is 12.4. The topological polar surface area (TPSA) is 76.1 Å². The van der Waals surface area contributed by atoms with Gasteiger partial charge in [0, 0.05) is 10.5 Å². The second-order valence-corrected chi connectivity index (χ2v) is 4.95. The Morgan fingerprint density at radius 1 is 1.61 bits per heavy atom. The summed E-state index contributed by atoms with van der Waals surface area (Å²) in [5.41, 5.74) is 6.54. The number of hydrogen-bond donors (Lipinski definition) is 1. The van der Waals surface area contributed by atoms with E-state index >= 15 is 0 Å². The fraction of sp³-hybridized carbons (Fsp3) is 0.231. The second-order valence-electron chi connectivity index (χ2n) is 3.97. The minimum Gasteiger partial charge on any atom is -0.445 e. The summed E-state index contributed by atoms with van der Waals surface area (Å²) in [6.07, 6.45) is 0. The number of carbonyl (C=O) groups excluding carboxylic acids is 1. The summed E-state index contributed by atoms with van der Waals surface area (Å²) in [6, 6.07) is 5.82. The Balaban J connectivity index is 2.63. The van der Waals surface area contributed by atoms with Gasteiger partial charge in [-0.3, -0.25) is 4.79 Å². The van der Waals surface area contributed by atoms with E-state index in [1.165, 1.54) is 18.3 Å². The van der Waals surface area contributed by atoms with Crippen LogP contribution in [0.25, 0.3) is 0 Å². The highest BCUT2D eigenvalue weighted by Crippen LogP contribution is 2.40. The van der Waals surface area contributed by atoms with Gasteiger partial charge >= 0.3 is 0 Å². The molecule has 4 nitrogen and oxygen atoms in total. The van der Waals surface area contributed by atoms with Gasteiger partial charge in [0.25, 0.3) is 0 Å². The summed E-state index contributed by atoms with van der Waals surface area (Å²) in [7, 11) is 0. The maximum absolute atomic E-state index is 11.8. The van der Waals surface area contributed by atoms with Crippen LogP contribution in [0.4, 0.5) is 0 Å². The van der Waals surface area contributed by atoms with E-state index in [2.05, 4.69) is 0 Å². The Labute approximate surface area is 109 Å². The molecule has 1 aromatic heterocycles. The number of nitrogens with two attached hydrogens (primary N) is 1. The van der Waals surface area contributed by atoms with Crippen molar-refractivity contribution in [2.24, 2.45) is 5.73 Å². The molecule has 1 aliphatic heterocycles. The summed E-state index contributed by atoms with van der Waals surface area (Å²) in [5, 5.41) is 11.1. The molecule has 1 aliphatic rings. The lowest BCUT2D eigenvalue weighted by molar-refractivity contribution is -0.114. The first-order chi connectivity index (χ1) is 8.56. The molecule has 0 unspecified atom stereocenters. The van der Waals surface area contributed by atoms with Crippen molar-refractivity contribution in [3.8, 4) is 6.07 Å². The quantitative estimate of drug-likeness (QED) is 0.886. The van der Waals surface area contributed by atoms with E-state index in [0.29, 0.717) is 16.9 Å². The van der Waals surface area contributed by atoms with E-state index in [4.69, 9.17) is 10.5 Å². The van der Waals surface area contributed by atoms with Gasteiger partial charge in [0.1, 0.15) is 17.4 Å². The van der Waals surface area contributed by atoms with Crippen LogP contribution in [0.15, 0.2) is 40.3 Å². The average molecular weight is 260 g/mol. The van der Waals surface area contributed by atoms with Crippen LogP contribution in [0.2, 0.25) is 0 Å². The summed E-state index contributed by atoms with van der Waals surface area (Å²) < 4.78 is 5.29. The normalized spacial score (nSPS) is 19.5. The Morgan fingerprint density at radius 3 is 2.83 bits per heavy atom. The number of ketones is 1. The molecule has 0 amide bonds. The minimum atomic E-state index is -0.402. The molecule has 1 atom stereocenters. The predicted octanol–water partition coefficient (Wildman–Crippen LogP) is 2.42. The van der Waals surface area contributed by atoms with Crippen LogP contribution in [0, 0.1) is 11.3 Å². The summed E-state index contributed by atoms with van der Waals surface area (Å²) in [5.74, 6) is 0.0446. The van der Waals surface area contributed by atoms with Gasteiger partial charge in [-0.1, -0.05) is 6.07 Å². The molecular formula is C13H12N2O2S. The van der Waals surface area contributed by atoms with E-state index in [9.17, 15) is 10.1 Å². The van der Waals surface area contributed by atoms with Crippen LogP contribution >= 0.6 is 11.3 Å². The third kappa shape index (κ3) is 1.91. The summed E-state index contributed by atoms with van der Waals surface area (Å²) in [6.45, 7) is 3.16.